The molecule has 0 aliphatic carbocycles. The molecule has 156 valence electrons. The molecule has 0 radical (unpaired) electrons. The van der Waals surface area contributed by atoms with E-state index in [1.165, 1.54) is 5.56 Å². The molecule has 3 aromatic carbocycles. The van der Waals surface area contributed by atoms with E-state index >= 15 is 0 Å². The number of hydrogen-bond acceptors (Lipinski definition) is 2. The van der Waals surface area contributed by atoms with Crippen molar-refractivity contribution in [2.24, 2.45) is 0 Å². The van der Waals surface area contributed by atoms with Gasteiger partial charge in [-0.25, -0.2) is 9.78 Å². The molecule has 0 aliphatic rings. The number of hydrogen-bond donors (Lipinski definition) is 3. The fourth-order valence-corrected chi connectivity index (χ4v) is 3.50. The number of fused-ring (bicyclic) bond motifs is 1. The average Bonchev–Trinajstić information content (AvgIpc) is 3.14. The van der Waals surface area contributed by atoms with E-state index in [9.17, 15) is 4.79 Å². The van der Waals surface area contributed by atoms with E-state index < -0.39 is 6.09 Å². The molecule has 0 unspecified atom stereocenters. The summed E-state index contributed by atoms with van der Waals surface area (Å²) in [6, 6.07) is 21.8. The second kappa shape index (κ2) is 8.11. The Hall–Kier alpha value is -3.86. The number of nitrogens with one attached hydrogen (secondary N) is 2. The highest BCUT2D eigenvalue weighted by Gasteiger charge is 2.12. The lowest BCUT2D eigenvalue weighted by Gasteiger charge is -2.18. The lowest BCUT2D eigenvalue weighted by Crippen LogP contribution is -2.10. The summed E-state index contributed by atoms with van der Waals surface area (Å²) in [7, 11) is 0. The molecule has 1 aromatic heterocycles. The summed E-state index contributed by atoms with van der Waals surface area (Å²) in [5.74, 6) is 0.768. The molecule has 0 atom stereocenters. The number of carboxylic acid groups (broad SMARTS) is 1. The minimum atomic E-state index is -1.09. The van der Waals surface area contributed by atoms with Gasteiger partial charge in [-0.1, -0.05) is 75.4 Å². The van der Waals surface area contributed by atoms with Crippen molar-refractivity contribution >= 4 is 35.0 Å². The lowest BCUT2D eigenvalue weighted by atomic mass is 9.87. The monoisotopic (exact) mass is 411 g/mol. The second-order valence-corrected chi connectivity index (χ2v) is 8.54. The molecular weight excluding hydrogens is 386 g/mol. The zero-order valence-corrected chi connectivity index (χ0v) is 17.8. The standard InChI is InChI=1S/C26H25N3O2/c1-26(2,3)19-12-8-17(9-13-19)10-15-24-27-22-14-11-18(16-23(22)28-24)20-6-4-5-7-21(20)29-25(30)31/h4-16,29H,1-3H3,(H,27,28)(H,30,31)/b15-10+. The number of nitrogens with zero attached hydrogens (tertiary/aromatic N) is 1. The van der Waals surface area contributed by atoms with Gasteiger partial charge in [-0.15, -0.1) is 0 Å². The molecule has 4 rings (SSSR count). The SMILES string of the molecule is CC(C)(C)c1ccc(/C=C/c2nc3ccc(-c4ccccc4NC(=O)O)cc3[nH]2)cc1. The van der Waals surface area contributed by atoms with E-state index in [2.05, 4.69) is 60.3 Å². The first-order valence-electron chi connectivity index (χ1n) is 10.2. The van der Waals surface area contributed by atoms with Gasteiger partial charge in [-0.3, -0.25) is 5.32 Å². The van der Waals surface area contributed by atoms with Crippen LogP contribution in [0.15, 0.2) is 66.7 Å². The van der Waals surface area contributed by atoms with Crippen molar-refractivity contribution < 1.29 is 9.90 Å². The Labute approximate surface area is 181 Å². The Kier molecular flexibility index (Phi) is 5.34. The Bertz CT molecular complexity index is 1260. The van der Waals surface area contributed by atoms with Crippen LogP contribution in [0.5, 0.6) is 0 Å². The zero-order chi connectivity index (χ0) is 22.0. The second-order valence-electron chi connectivity index (χ2n) is 8.54. The van der Waals surface area contributed by atoms with Gasteiger partial charge in [-0.05, 0) is 46.4 Å². The molecule has 0 saturated heterocycles. The van der Waals surface area contributed by atoms with Gasteiger partial charge in [-0.2, -0.15) is 0 Å². The summed E-state index contributed by atoms with van der Waals surface area (Å²) in [5, 5.41) is 11.5. The molecule has 3 N–H and O–H groups in total. The third kappa shape index (κ3) is 4.67. The van der Waals surface area contributed by atoms with E-state index in [0.29, 0.717) is 5.69 Å². The number of anilines is 1. The number of aromatic amines is 1. The average molecular weight is 412 g/mol. The number of benzene rings is 3. The van der Waals surface area contributed by atoms with Gasteiger partial charge in [0.15, 0.2) is 0 Å². The molecule has 31 heavy (non-hydrogen) atoms. The van der Waals surface area contributed by atoms with Crippen LogP contribution in [0.2, 0.25) is 0 Å². The van der Waals surface area contributed by atoms with Crippen LogP contribution < -0.4 is 5.32 Å². The minimum absolute atomic E-state index is 0.136. The van der Waals surface area contributed by atoms with Crippen LogP contribution in [-0.2, 0) is 5.41 Å². The largest absolute Gasteiger partial charge is 0.465 e. The van der Waals surface area contributed by atoms with Crippen LogP contribution in [0.1, 0.15) is 37.7 Å². The highest BCUT2D eigenvalue weighted by atomic mass is 16.4. The minimum Gasteiger partial charge on any atom is -0.465 e. The fourth-order valence-electron chi connectivity index (χ4n) is 3.50. The molecule has 0 aliphatic heterocycles. The molecule has 0 spiro atoms. The summed E-state index contributed by atoms with van der Waals surface area (Å²) in [4.78, 5) is 19.1. The van der Waals surface area contributed by atoms with E-state index in [0.717, 1.165) is 33.5 Å². The Morgan fingerprint density at radius 1 is 1.00 bits per heavy atom. The Morgan fingerprint density at radius 3 is 2.45 bits per heavy atom. The molecular formula is C26H25N3O2. The van der Waals surface area contributed by atoms with Gasteiger partial charge in [0.2, 0.25) is 0 Å². The van der Waals surface area contributed by atoms with Crippen LogP contribution in [0, 0.1) is 0 Å². The summed E-state index contributed by atoms with van der Waals surface area (Å²) < 4.78 is 0. The van der Waals surface area contributed by atoms with Crippen molar-refractivity contribution in [2.75, 3.05) is 5.32 Å². The maximum Gasteiger partial charge on any atom is 0.409 e. The maximum absolute atomic E-state index is 11.1. The smallest absolute Gasteiger partial charge is 0.409 e. The van der Waals surface area contributed by atoms with Gasteiger partial charge in [0.05, 0.1) is 16.7 Å². The Morgan fingerprint density at radius 2 is 1.74 bits per heavy atom. The first-order chi connectivity index (χ1) is 14.8. The molecule has 5 nitrogen and oxygen atoms in total. The van der Waals surface area contributed by atoms with Crippen LogP contribution in [0.3, 0.4) is 0 Å². The third-order valence-corrected chi connectivity index (χ3v) is 5.19. The predicted octanol–water partition coefficient (Wildman–Crippen LogP) is 6.79. The van der Waals surface area contributed by atoms with Crippen molar-refractivity contribution in [3.8, 4) is 11.1 Å². The topological polar surface area (TPSA) is 78.0 Å². The van der Waals surface area contributed by atoms with Crippen molar-refractivity contribution in [3.63, 3.8) is 0 Å². The van der Waals surface area contributed by atoms with Gasteiger partial charge in [0.1, 0.15) is 5.82 Å². The number of para-hydroxylation sites is 1. The summed E-state index contributed by atoms with van der Waals surface area (Å²) >= 11 is 0. The zero-order valence-electron chi connectivity index (χ0n) is 17.8. The predicted molar refractivity (Wildman–Crippen MR) is 127 cm³/mol. The lowest BCUT2D eigenvalue weighted by molar-refractivity contribution is 0.210. The van der Waals surface area contributed by atoms with Crippen LogP contribution >= 0.6 is 0 Å². The third-order valence-electron chi connectivity index (χ3n) is 5.19. The van der Waals surface area contributed by atoms with Crippen LogP contribution in [0.25, 0.3) is 34.3 Å². The van der Waals surface area contributed by atoms with E-state index in [1.54, 1.807) is 12.1 Å². The molecule has 5 heteroatoms. The van der Waals surface area contributed by atoms with Crippen molar-refractivity contribution in [2.45, 2.75) is 26.2 Å². The first kappa shape index (κ1) is 20.4. The molecule has 1 amide bonds. The van der Waals surface area contributed by atoms with E-state index in [-0.39, 0.29) is 5.41 Å². The summed E-state index contributed by atoms with van der Waals surface area (Å²) in [6.07, 6.45) is 2.92. The van der Waals surface area contributed by atoms with Gasteiger partial charge < -0.3 is 10.1 Å². The molecule has 0 saturated carbocycles. The number of aromatic nitrogens is 2. The van der Waals surface area contributed by atoms with Crippen molar-refractivity contribution in [3.05, 3.63) is 83.7 Å². The summed E-state index contributed by atoms with van der Waals surface area (Å²) in [6.45, 7) is 6.61. The highest BCUT2D eigenvalue weighted by Crippen LogP contribution is 2.30. The normalized spacial score (nSPS) is 11.8. The summed E-state index contributed by atoms with van der Waals surface area (Å²) in [5.41, 5.74) is 6.58. The van der Waals surface area contributed by atoms with Gasteiger partial charge >= 0.3 is 6.09 Å². The molecule has 0 fully saturated rings. The van der Waals surface area contributed by atoms with Crippen molar-refractivity contribution in [1.29, 1.82) is 0 Å². The molecule has 0 bridgehead atoms. The van der Waals surface area contributed by atoms with Gasteiger partial charge in [0, 0.05) is 5.56 Å². The molecule has 4 aromatic rings. The number of rotatable bonds is 4. The number of imidazole rings is 1. The fraction of sp³-hybridized carbons (Fsp3) is 0.154. The number of carbonyl (C=O) groups is 1. The first-order valence-corrected chi connectivity index (χ1v) is 10.2. The van der Waals surface area contributed by atoms with Crippen LogP contribution in [0.4, 0.5) is 10.5 Å². The highest BCUT2D eigenvalue weighted by molar-refractivity contribution is 5.92. The Balaban J connectivity index is 1.60. The molecule has 1 heterocycles. The van der Waals surface area contributed by atoms with Crippen molar-refractivity contribution in [1.82, 2.24) is 9.97 Å². The maximum atomic E-state index is 11.1. The van der Waals surface area contributed by atoms with E-state index in [1.807, 2.05) is 42.5 Å². The number of H-pyrrole nitrogens is 1. The van der Waals surface area contributed by atoms with E-state index in [4.69, 9.17) is 5.11 Å². The quantitative estimate of drug-likeness (QED) is 0.346. The number of amides is 1. The van der Waals surface area contributed by atoms with Gasteiger partial charge in [0.25, 0.3) is 0 Å². The van der Waals surface area contributed by atoms with Crippen LogP contribution in [-0.4, -0.2) is 21.2 Å².